The summed E-state index contributed by atoms with van der Waals surface area (Å²) < 4.78 is 0. The molecule has 0 radical (unpaired) electrons. The lowest BCUT2D eigenvalue weighted by molar-refractivity contribution is -0.0999. The number of hydrazone groups is 1. The van der Waals surface area contributed by atoms with Gasteiger partial charge in [-0.2, -0.15) is 5.10 Å². The first-order valence-electron chi connectivity index (χ1n) is 5.73. The van der Waals surface area contributed by atoms with Crippen molar-refractivity contribution in [1.82, 2.24) is 0 Å². The number of aliphatic hydroxyl groups is 5. The van der Waals surface area contributed by atoms with Gasteiger partial charge in [0.2, 0.25) is 0 Å². The van der Waals surface area contributed by atoms with Crippen LogP contribution < -0.4 is 5.43 Å². The molecule has 1 aromatic carbocycles. The fraction of sp³-hybridized carbons (Fsp3) is 0.417. The Hall–Kier alpha value is -1.51. The number of aliphatic hydroxyl groups excluding tert-OH is 5. The van der Waals surface area contributed by atoms with Crippen molar-refractivity contribution in [2.45, 2.75) is 24.4 Å². The van der Waals surface area contributed by atoms with Gasteiger partial charge in [0, 0.05) is 0 Å². The van der Waals surface area contributed by atoms with Gasteiger partial charge >= 0.3 is 0 Å². The zero-order chi connectivity index (χ0) is 14.3. The van der Waals surface area contributed by atoms with E-state index in [-0.39, 0.29) is 0 Å². The van der Waals surface area contributed by atoms with Crippen molar-refractivity contribution >= 4 is 11.9 Å². The highest BCUT2D eigenvalue weighted by Gasteiger charge is 2.29. The first-order valence-corrected chi connectivity index (χ1v) is 5.73. The highest BCUT2D eigenvalue weighted by atomic mass is 16.4. The largest absolute Gasteiger partial charge is 0.394 e. The van der Waals surface area contributed by atoms with Gasteiger partial charge in [-0.3, -0.25) is 5.43 Å². The molecular weight excluding hydrogens is 252 g/mol. The van der Waals surface area contributed by atoms with E-state index in [1.54, 1.807) is 24.3 Å². The van der Waals surface area contributed by atoms with Gasteiger partial charge in [-0.05, 0) is 12.1 Å². The predicted molar refractivity (Wildman–Crippen MR) is 69.7 cm³/mol. The predicted octanol–water partition coefficient (Wildman–Crippen LogP) is -1.48. The van der Waals surface area contributed by atoms with E-state index in [1.165, 1.54) is 0 Å². The van der Waals surface area contributed by atoms with Crippen molar-refractivity contribution in [2.24, 2.45) is 5.10 Å². The Morgan fingerprint density at radius 3 is 2.26 bits per heavy atom. The van der Waals surface area contributed by atoms with Crippen LogP contribution in [-0.2, 0) is 0 Å². The molecule has 0 fully saturated rings. The lowest BCUT2D eigenvalue weighted by Crippen LogP contribution is -2.46. The smallest absolute Gasteiger partial charge is 0.119 e. The molecule has 19 heavy (non-hydrogen) atoms. The molecule has 0 aliphatic carbocycles. The molecule has 7 nitrogen and oxygen atoms in total. The molecular formula is C12H18N2O5. The van der Waals surface area contributed by atoms with Gasteiger partial charge < -0.3 is 25.5 Å². The minimum Gasteiger partial charge on any atom is -0.394 e. The number of nitrogens with zero attached hydrogens (tertiary/aromatic N) is 1. The number of hydrogen-bond acceptors (Lipinski definition) is 7. The fourth-order valence-corrected chi connectivity index (χ4v) is 1.33. The molecule has 0 saturated heterocycles. The number of anilines is 1. The molecule has 0 heterocycles. The third-order valence-corrected chi connectivity index (χ3v) is 2.48. The van der Waals surface area contributed by atoms with Crippen molar-refractivity contribution in [2.75, 3.05) is 12.0 Å². The van der Waals surface area contributed by atoms with Crippen molar-refractivity contribution in [1.29, 1.82) is 0 Å². The molecule has 4 atom stereocenters. The van der Waals surface area contributed by atoms with Crippen molar-refractivity contribution in [3.8, 4) is 0 Å². The first kappa shape index (κ1) is 15.5. The van der Waals surface area contributed by atoms with Gasteiger partial charge in [0.15, 0.2) is 0 Å². The summed E-state index contributed by atoms with van der Waals surface area (Å²) in [6.07, 6.45) is -5.33. The van der Waals surface area contributed by atoms with Gasteiger partial charge in [-0.25, -0.2) is 0 Å². The third kappa shape index (κ3) is 4.93. The van der Waals surface area contributed by atoms with Crippen molar-refractivity contribution in [3.05, 3.63) is 30.3 Å². The maximum Gasteiger partial charge on any atom is 0.119 e. The van der Waals surface area contributed by atoms with Crippen LogP contribution in [0.3, 0.4) is 0 Å². The van der Waals surface area contributed by atoms with Gasteiger partial charge in [0.25, 0.3) is 0 Å². The molecule has 1 rings (SSSR count). The lowest BCUT2D eigenvalue weighted by Gasteiger charge is -2.23. The maximum atomic E-state index is 9.52. The summed E-state index contributed by atoms with van der Waals surface area (Å²) in [4.78, 5) is 0. The Morgan fingerprint density at radius 1 is 1.05 bits per heavy atom. The molecule has 0 amide bonds. The lowest BCUT2D eigenvalue weighted by atomic mass is 10.0. The molecule has 1 aromatic rings. The second-order valence-electron chi connectivity index (χ2n) is 3.98. The normalized spacial score (nSPS) is 17.9. The maximum absolute atomic E-state index is 9.52. The zero-order valence-electron chi connectivity index (χ0n) is 10.2. The van der Waals surface area contributed by atoms with Crippen LogP contribution >= 0.6 is 0 Å². The van der Waals surface area contributed by atoms with Gasteiger partial charge in [-0.15, -0.1) is 0 Å². The van der Waals surface area contributed by atoms with Crippen LogP contribution in [-0.4, -0.2) is 62.8 Å². The van der Waals surface area contributed by atoms with E-state index >= 15 is 0 Å². The third-order valence-electron chi connectivity index (χ3n) is 2.48. The summed E-state index contributed by atoms with van der Waals surface area (Å²) in [6, 6.07) is 8.93. The molecule has 0 unspecified atom stereocenters. The fourth-order valence-electron chi connectivity index (χ4n) is 1.33. The van der Waals surface area contributed by atoms with Crippen LogP contribution in [0.2, 0.25) is 0 Å². The minimum atomic E-state index is -1.66. The zero-order valence-corrected chi connectivity index (χ0v) is 10.2. The molecule has 0 bridgehead atoms. The van der Waals surface area contributed by atoms with E-state index in [0.29, 0.717) is 5.69 Å². The van der Waals surface area contributed by atoms with Crippen LogP contribution in [0.1, 0.15) is 0 Å². The summed E-state index contributed by atoms with van der Waals surface area (Å²) in [5.41, 5.74) is 3.31. The van der Waals surface area contributed by atoms with E-state index in [0.717, 1.165) is 6.21 Å². The van der Waals surface area contributed by atoms with Crippen LogP contribution in [0.15, 0.2) is 35.4 Å². The molecule has 0 aromatic heterocycles. The van der Waals surface area contributed by atoms with Gasteiger partial charge in [0.1, 0.15) is 24.4 Å². The first-order chi connectivity index (χ1) is 9.06. The van der Waals surface area contributed by atoms with Gasteiger partial charge in [-0.1, -0.05) is 18.2 Å². The quantitative estimate of drug-likeness (QED) is 0.265. The molecule has 106 valence electrons. The van der Waals surface area contributed by atoms with Crippen molar-refractivity contribution in [3.63, 3.8) is 0 Å². The summed E-state index contributed by atoms with van der Waals surface area (Å²) in [7, 11) is 0. The SMILES string of the molecule is OC[C@@H](O)[C@@H](O)[C@H](O)[C@H](O)/C=N/Nc1ccccc1. The second-order valence-corrected chi connectivity index (χ2v) is 3.98. The number of rotatable bonds is 7. The number of benzene rings is 1. The van der Waals surface area contributed by atoms with E-state index in [1.807, 2.05) is 6.07 Å². The average Bonchev–Trinajstić information content (AvgIpc) is 2.45. The highest BCUT2D eigenvalue weighted by molar-refractivity contribution is 5.65. The molecule has 6 N–H and O–H groups in total. The Kier molecular flexibility index (Phi) is 6.40. The highest BCUT2D eigenvalue weighted by Crippen LogP contribution is 2.06. The Balaban J connectivity index is 2.47. The molecule has 0 spiro atoms. The van der Waals surface area contributed by atoms with E-state index in [2.05, 4.69) is 10.5 Å². The summed E-state index contributed by atoms with van der Waals surface area (Å²) >= 11 is 0. The molecule has 0 saturated carbocycles. The van der Waals surface area contributed by atoms with E-state index in [4.69, 9.17) is 10.2 Å². The second kappa shape index (κ2) is 7.82. The van der Waals surface area contributed by atoms with E-state index < -0.39 is 31.0 Å². The summed E-state index contributed by atoms with van der Waals surface area (Å²) in [5, 5.41) is 49.8. The van der Waals surface area contributed by atoms with Gasteiger partial charge in [0.05, 0.1) is 18.5 Å². The molecule has 0 aliphatic rings. The standard InChI is InChI=1S/C12H18N2O5/c15-7-10(17)12(19)11(18)9(16)6-13-14-8-4-2-1-3-5-8/h1-6,9-12,14-19H,7H2/b13-6+/t9-,10-,11-,12-/m1/s1. The topological polar surface area (TPSA) is 126 Å². The molecule has 0 aliphatic heterocycles. The Labute approximate surface area is 110 Å². The minimum absolute atomic E-state index is 0.691. The molecule has 7 heteroatoms. The monoisotopic (exact) mass is 270 g/mol. The summed E-state index contributed by atoms with van der Waals surface area (Å²) in [5.74, 6) is 0. The Morgan fingerprint density at radius 2 is 1.68 bits per heavy atom. The van der Waals surface area contributed by atoms with Crippen LogP contribution in [0.4, 0.5) is 5.69 Å². The van der Waals surface area contributed by atoms with E-state index in [9.17, 15) is 15.3 Å². The Bertz CT molecular complexity index is 387. The van der Waals surface area contributed by atoms with Crippen LogP contribution in [0.25, 0.3) is 0 Å². The number of para-hydroxylation sites is 1. The number of nitrogens with one attached hydrogen (secondary N) is 1. The van der Waals surface area contributed by atoms with Crippen LogP contribution in [0, 0.1) is 0 Å². The summed E-state index contributed by atoms with van der Waals surface area (Å²) in [6.45, 7) is -0.718. The van der Waals surface area contributed by atoms with Crippen LogP contribution in [0.5, 0.6) is 0 Å². The average molecular weight is 270 g/mol. The van der Waals surface area contributed by atoms with Crippen molar-refractivity contribution < 1.29 is 25.5 Å². The number of hydrogen-bond donors (Lipinski definition) is 6.